The quantitative estimate of drug-likeness (QED) is 0.542. The van der Waals surface area contributed by atoms with Crippen molar-refractivity contribution in [3.63, 3.8) is 0 Å². The zero-order valence-electron chi connectivity index (χ0n) is 17.4. The van der Waals surface area contributed by atoms with Crippen LogP contribution in [0.25, 0.3) is 0 Å². The Bertz CT molecular complexity index is 1250. The van der Waals surface area contributed by atoms with Gasteiger partial charge in [-0.3, -0.25) is 9.10 Å². The summed E-state index contributed by atoms with van der Waals surface area (Å²) in [6, 6.07) is 14.9. The van der Waals surface area contributed by atoms with E-state index in [4.69, 9.17) is 4.74 Å². The number of aryl methyl sites for hydroxylation is 1. The summed E-state index contributed by atoms with van der Waals surface area (Å²) < 4.78 is 32.9. The average Bonchev–Trinajstić information content (AvgIpc) is 3.27. The van der Waals surface area contributed by atoms with Crippen molar-refractivity contribution in [3.8, 4) is 0 Å². The fourth-order valence-electron chi connectivity index (χ4n) is 3.61. The molecule has 1 amide bonds. The third-order valence-electron chi connectivity index (χ3n) is 5.16. The molecule has 1 aliphatic rings. The van der Waals surface area contributed by atoms with Crippen LogP contribution in [0.4, 0.5) is 10.7 Å². The lowest BCUT2D eigenvalue weighted by Crippen LogP contribution is -2.35. The van der Waals surface area contributed by atoms with Gasteiger partial charge < -0.3 is 10.1 Å². The Morgan fingerprint density at radius 1 is 1.09 bits per heavy atom. The van der Waals surface area contributed by atoms with Gasteiger partial charge in [0, 0.05) is 12.1 Å². The molecule has 0 saturated carbocycles. The van der Waals surface area contributed by atoms with E-state index in [-0.39, 0.29) is 22.6 Å². The van der Waals surface area contributed by atoms with Gasteiger partial charge in [0.15, 0.2) is 0 Å². The SMILES string of the molecule is CCOC(=O)c1ccsc1NC(=O)c1ccc(S(=O)(=O)N2CCCc3ccccc32)cc1. The van der Waals surface area contributed by atoms with Crippen LogP contribution in [0.3, 0.4) is 0 Å². The zero-order chi connectivity index (χ0) is 22.7. The number of benzene rings is 2. The van der Waals surface area contributed by atoms with Crippen molar-refractivity contribution in [2.45, 2.75) is 24.7 Å². The number of hydrogen-bond acceptors (Lipinski definition) is 6. The molecule has 0 fully saturated rings. The highest BCUT2D eigenvalue weighted by molar-refractivity contribution is 7.92. The number of rotatable bonds is 6. The highest BCUT2D eigenvalue weighted by Gasteiger charge is 2.29. The normalized spacial score (nSPS) is 13.3. The molecule has 3 aromatic rings. The smallest absolute Gasteiger partial charge is 0.341 e. The Morgan fingerprint density at radius 3 is 2.59 bits per heavy atom. The summed E-state index contributed by atoms with van der Waals surface area (Å²) in [6.07, 6.45) is 1.60. The topological polar surface area (TPSA) is 92.8 Å². The molecule has 32 heavy (non-hydrogen) atoms. The largest absolute Gasteiger partial charge is 0.462 e. The van der Waals surface area contributed by atoms with Gasteiger partial charge in [-0.05, 0) is 67.1 Å². The first kappa shape index (κ1) is 22.0. The number of para-hydroxylation sites is 1. The zero-order valence-corrected chi connectivity index (χ0v) is 19.0. The van der Waals surface area contributed by atoms with Crippen molar-refractivity contribution < 1.29 is 22.7 Å². The minimum atomic E-state index is -3.75. The van der Waals surface area contributed by atoms with E-state index < -0.39 is 21.9 Å². The van der Waals surface area contributed by atoms with E-state index >= 15 is 0 Å². The predicted octanol–water partition coefficient (Wildman–Crippen LogP) is 4.32. The maximum Gasteiger partial charge on any atom is 0.341 e. The first-order chi connectivity index (χ1) is 15.4. The summed E-state index contributed by atoms with van der Waals surface area (Å²) in [6.45, 7) is 2.36. The van der Waals surface area contributed by atoms with E-state index in [1.807, 2.05) is 24.3 Å². The first-order valence-electron chi connectivity index (χ1n) is 10.2. The molecule has 2 aromatic carbocycles. The van der Waals surface area contributed by atoms with E-state index in [9.17, 15) is 18.0 Å². The lowest BCUT2D eigenvalue weighted by atomic mass is 10.0. The molecular weight excluding hydrogens is 448 g/mol. The molecule has 1 aromatic heterocycles. The number of carbonyl (C=O) groups excluding carboxylic acids is 2. The maximum atomic E-state index is 13.2. The van der Waals surface area contributed by atoms with Gasteiger partial charge >= 0.3 is 5.97 Å². The van der Waals surface area contributed by atoms with E-state index in [2.05, 4.69) is 5.32 Å². The molecule has 0 spiro atoms. The molecule has 7 nitrogen and oxygen atoms in total. The minimum Gasteiger partial charge on any atom is -0.462 e. The number of esters is 1. The number of hydrogen-bond donors (Lipinski definition) is 1. The van der Waals surface area contributed by atoms with Crippen LogP contribution in [0.2, 0.25) is 0 Å². The Balaban J connectivity index is 1.53. The maximum absolute atomic E-state index is 13.2. The van der Waals surface area contributed by atoms with Gasteiger partial charge in [0.2, 0.25) is 0 Å². The van der Waals surface area contributed by atoms with E-state index in [1.54, 1.807) is 18.4 Å². The number of sulfonamides is 1. The number of thiophene rings is 1. The van der Waals surface area contributed by atoms with Crippen molar-refractivity contribution in [2.24, 2.45) is 0 Å². The van der Waals surface area contributed by atoms with Crippen LogP contribution in [-0.2, 0) is 21.2 Å². The summed E-state index contributed by atoms with van der Waals surface area (Å²) in [7, 11) is -3.75. The number of ether oxygens (including phenoxy) is 1. The molecule has 1 aliphatic heterocycles. The van der Waals surface area contributed by atoms with Crippen molar-refractivity contribution in [2.75, 3.05) is 22.8 Å². The molecule has 0 aliphatic carbocycles. The Hall–Kier alpha value is -3.17. The molecule has 0 bridgehead atoms. The monoisotopic (exact) mass is 470 g/mol. The second-order valence-corrected chi connectivity index (χ2v) is 9.95. The number of anilines is 2. The highest BCUT2D eigenvalue weighted by atomic mass is 32.2. The van der Waals surface area contributed by atoms with Gasteiger partial charge in [-0.15, -0.1) is 11.3 Å². The molecule has 0 atom stereocenters. The second kappa shape index (κ2) is 9.13. The standard InChI is InChI=1S/C23H22N2O5S2/c1-2-30-23(27)19-13-15-31-22(19)24-21(26)17-9-11-18(12-10-17)32(28,29)25-14-5-7-16-6-3-4-8-20(16)25/h3-4,6,8-13,15H,2,5,7,14H2,1H3,(H,24,26). The number of carbonyl (C=O) groups is 2. The number of nitrogens with one attached hydrogen (secondary N) is 1. The van der Waals surface area contributed by atoms with Crippen molar-refractivity contribution in [1.29, 1.82) is 0 Å². The van der Waals surface area contributed by atoms with Gasteiger partial charge in [-0.25, -0.2) is 13.2 Å². The molecular formula is C23H22N2O5S2. The van der Waals surface area contributed by atoms with Crippen LogP contribution in [0.1, 0.15) is 39.6 Å². The third kappa shape index (κ3) is 4.26. The lowest BCUT2D eigenvalue weighted by Gasteiger charge is -2.30. The van der Waals surface area contributed by atoms with E-state index in [0.717, 1.165) is 18.4 Å². The van der Waals surface area contributed by atoms with E-state index in [0.29, 0.717) is 17.2 Å². The predicted molar refractivity (Wildman–Crippen MR) is 124 cm³/mol. The van der Waals surface area contributed by atoms with Gasteiger partial charge in [-0.1, -0.05) is 18.2 Å². The highest BCUT2D eigenvalue weighted by Crippen LogP contribution is 2.32. The number of nitrogens with zero attached hydrogens (tertiary/aromatic N) is 1. The molecule has 4 rings (SSSR count). The average molecular weight is 471 g/mol. The fraction of sp³-hybridized carbons (Fsp3) is 0.217. The summed E-state index contributed by atoms with van der Waals surface area (Å²) in [5.74, 6) is -0.947. The Labute approximate surface area is 190 Å². The summed E-state index contributed by atoms with van der Waals surface area (Å²) in [5, 5.41) is 4.77. The van der Waals surface area contributed by atoms with Crippen LogP contribution < -0.4 is 9.62 Å². The van der Waals surface area contributed by atoms with Crippen LogP contribution >= 0.6 is 11.3 Å². The lowest BCUT2D eigenvalue weighted by molar-refractivity contribution is 0.0528. The van der Waals surface area contributed by atoms with E-state index in [1.165, 1.54) is 39.9 Å². The van der Waals surface area contributed by atoms with Gasteiger partial charge in [0.25, 0.3) is 15.9 Å². The molecule has 0 unspecified atom stereocenters. The summed E-state index contributed by atoms with van der Waals surface area (Å²) in [5.41, 5.74) is 2.27. The summed E-state index contributed by atoms with van der Waals surface area (Å²) >= 11 is 1.21. The number of fused-ring (bicyclic) bond motifs is 1. The van der Waals surface area contributed by atoms with Crippen molar-refractivity contribution in [1.82, 2.24) is 0 Å². The Kier molecular flexibility index (Phi) is 6.29. The first-order valence-corrected chi connectivity index (χ1v) is 12.5. The molecule has 0 saturated heterocycles. The molecule has 9 heteroatoms. The summed E-state index contributed by atoms with van der Waals surface area (Å²) in [4.78, 5) is 24.8. The van der Waals surface area contributed by atoms with Gasteiger partial charge in [0.05, 0.1) is 22.8 Å². The van der Waals surface area contributed by atoms with Crippen LogP contribution in [0.5, 0.6) is 0 Å². The second-order valence-electron chi connectivity index (χ2n) is 7.17. The van der Waals surface area contributed by atoms with Crippen molar-refractivity contribution >= 4 is 43.9 Å². The van der Waals surface area contributed by atoms with Gasteiger partial charge in [-0.2, -0.15) is 0 Å². The number of amides is 1. The van der Waals surface area contributed by atoms with Crippen LogP contribution in [-0.4, -0.2) is 33.4 Å². The third-order valence-corrected chi connectivity index (χ3v) is 7.82. The molecule has 2 heterocycles. The molecule has 1 N–H and O–H groups in total. The van der Waals surface area contributed by atoms with Crippen LogP contribution in [0.15, 0.2) is 64.9 Å². The molecule has 0 radical (unpaired) electrons. The van der Waals surface area contributed by atoms with Gasteiger partial charge in [0.1, 0.15) is 5.00 Å². The fourth-order valence-corrected chi connectivity index (χ4v) is 5.92. The molecule has 166 valence electrons. The Morgan fingerprint density at radius 2 is 1.84 bits per heavy atom. The van der Waals surface area contributed by atoms with Crippen LogP contribution in [0, 0.1) is 0 Å². The minimum absolute atomic E-state index is 0.120. The van der Waals surface area contributed by atoms with Crippen molar-refractivity contribution in [3.05, 3.63) is 76.7 Å².